The van der Waals surface area contributed by atoms with E-state index in [0.717, 1.165) is 17.9 Å². The molecule has 3 nitrogen and oxygen atoms in total. The Hall–Kier alpha value is -1.06. The molecular formula is C14H20ClNO2. The van der Waals surface area contributed by atoms with Gasteiger partial charge in [0.1, 0.15) is 5.54 Å². The van der Waals surface area contributed by atoms with Gasteiger partial charge in [-0.3, -0.25) is 4.79 Å². The first kappa shape index (κ1) is 15.0. The molecule has 0 spiro atoms. The molecule has 0 aliphatic rings. The van der Waals surface area contributed by atoms with Crippen LogP contribution in [0.25, 0.3) is 0 Å². The number of nitrogens with two attached hydrogens (primary N) is 1. The highest BCUT2D eigenvalue weighted by molar-refractivity contribution is 6.30. The second-order valence-corrected chi connectivity index (χ2v) is 5.64. The molecule has 0 heterocycles. The third-order valence-corrected chi connectivity index (χ3v) is 3.35. The van der Waals surface area contributed by atoms with Gasteiger partial charge >= 0.3 is 5.97 Å². The number of halogens is 1. The monoisotopic (exact) mass is 269 g/mol. The van der Waals surface area contributed by atoms with Gasteiger partial charge in [0, 0.05) is 5.02 Å². The smallest absolute Gasteiger partial charge is 0.323 e. The molecule has 1 aromatic rings. The minimum atomic E-state index is -1.14. The molecule has 1 aromatic carbocycles. The van der Waals surface area contributed by atoms with Crippen molar-refractivity contribution in [2.45, 2.75) is 38.6 Å². The Bertz CT molecular complexity index is 418. The molecule has 0 saturated heterocycles. The van der Waals surface area contributed by atoms with Crippen LogP contribution in [0.5, 0.6) is 0 Å². The lowest BCUT2D eigenvalue weighted by Crippen LogP contribution is -2.45. The van der Waals surface area contributed by atoms with Crippen molar-refractivity contribution in [2.24, 2.45) is 11.7 Å². The predicted molar refractivity (Wildman–Crippen MR) is 73.8 cm³/mol. The first-order valence-electron chi connectivity index (χ1n) is 6.08. The topological polar surface area (TPSA) is 63.3 Å². The maximum Gasteiger partial charge on any atom is 0.323 e. The molecule has 0 fully saturated rings. The van der Waals surface area contributed by atoms with Gasteiger partial charge in [0.2, 0.25) is 0 Å². The molecule has 4 heteroatoms. The van der Waals surface area contributed by atoms with Crippen LogP contribution in [0.1, 0.15) is 32.3 Å². The molecule has 0 aromatic heterocycles. The van der Waals surface area contributed by atoms with Gasteiger partial charge in [-0.05, 0) is 49.8 Å². The number of carbonyl (C=O) groups is 1. The van der Waals surface area contributed by atoms with E-state index in [1.165, 1.54) is 5.56 Å². The van der Waals surface area contributed by atoms with Crippen LogP contribution in [0.15, 0.2) is 24.3 Å². The van der Waals surface area contributed by atoms with E-state index in [9.17, 15) is 4.79 Å². The molecule has 1 rings (SSSR count). The number of carboxylic acids is 1. The highest BCUT2D eigenvalue weighted by atomic mass is 35.5. The van der Waals surface area contributed by atoms with Crippen molar-refractivity contribution in [2.75, 3.05) is 0 Å². The van der Waals surface area contributed by atoms with Crippen molar-refractivity contribution in [1.29, 1.82) is 0 Å². The zero-order valence-corrected chi connectivity index (χ0v) is 11.6. The molecule has 0 aliphatic heterocycles. The fourth-order valence-corrected chi connectivity index (χ4v) is 2.03. The van der Waals surface area contributed by atoms with E-state index in [-0.39, 0.29) is 0 Å². The molecular weight excluding hydrogens is 250 g/mol. The van der Waals surface area contributed by atoms with Crippen LogP contribution in [0.2, 0.25) is 5.02 Å². The van der Waals surface area contributed by atoms with E-state index in [1.54, 1.807) is 6.92 Å². The summed E-state index contributed by atoms with van der Waals surface area (Å²) in [4.78, 5) is 10.9. The lowest BCUT2D eigenvalue weighted by molar-refractivity contribution is -0.143. The third kappa shape index (κ3) is 4.67. The summed E-state index contributed by atoms with van der Waals surface area (Å²) in [6.07, 6.45) is 2.14. The Labute approximate surface area is 113 Å². The average Bonchev–Trinajstić information content (AvgIpc) is 2.26. The summed E-state index contributed by atoms with van der Waals surface area (Å²) in [5.41, 5.74) is 5.74. The van der Waals surface area contributed by atoms with Gasteiger partial charge in [-0.25, -0.2) is 0 Å². The molecule has 2 atom stereocenters. The standard InChI is InChI=1S/C14H20ClNO2/c1-10(6-7-14(2,16)13(17)18)8-11-4-3-5-12(15)9-11/h3-5,9-10H,6-8,16H2,1-2H3,(H,17,18). The molecule has 0 amide bonds. The number of benzene rings is 1. The Morgan fingerprint density at radius 1 is 1.56 bits per heavy atom. The Kier molecular flexibility index (Phi) is 5.17. The first-order chi connectivity index (χ1) is 8.31. The van der Waals surface area contributed by atoms with Crippen LogP contribution in [-0.2, 0) is 11.2 Å². The maximum atomic E-state index is 10.9. The maximum absolute atomic E-state index is 10.9. The van der Waals surface area contributed by atoms with E-state index in [4.69, 9.17) is 22.4 Å². The van der Waals surface area contributed by atoms with E-state index < -0.39 is 11.5 Å². The quantitative estimate of drug-likeness (QED) is 0.834. The van der Waals surface area contributed by atoms with Gasteiger partial charge in [-0.2, -0.15) is 0 Å². The van der Waals surface area contributed by atoms with Gasteiger partial charge in [-0.1, -0.05) is 30.7 Å². The second-order valence-electron chi connectivity index (χ2n) is 5.20. The van der Waals surface area contributed by atoms with Crippen molar-refractivity contribution >= 4 is 17.6 Å². The average molecular weight is 270 g/mol. The van der Waals surface area contributed by atoms with Crippen molar-refractivity contribution in [3.63, 3.8) is 0 Å². The molecule has 2 unspecified atom stereocenters. The largest absolute Gasteiger partial charge is 0.480 e. The van der Waals surface area contributed by atoms with E-state index >= 15 is 0 Å². The first-order valence-corrected chi connectivity index (χ1v) is 6.46. The minimum Gasteiger partial charge on any atom is -0.480 e. The predicted octanol–water partition coefficient (Wildman–Crippen LogP) is 3.10. The van der Waals surface area contributed by atoms with Gasteiger partial charge in [0.15, 0.2) is 0 Å². The van der Waals surface area contributed by atoms with E-state index in [1.807, 2.05) is 24.3 Å². The van der Waals surface area contributed by atoms with Gasteiger partial charge < -0.3 is 10.8 Å². The third-order valence-electron chi connectivity index (χ3n) is 3.12. The van der Waals surface area contributed by atoms with Gasteiger partial charge in [0.25, 0.3) is 0 Å². The summed E-state index contributed by atoms with van der Waals surface area (Å²) in [5, 5.41) is 9.67. The van der Waals surface area contributed by atoms with Crippen LogP contribution in [0.4, 0.5) is 0 Å². The highest BCUT2D eigenvalue weighted by Gasteiger charge is 2.27. The van der Waals surface area contributed by atoms with Crippen LogP contribution in [0, 0.1) is 5.92 Å². The summed E-state index contributed by atoms with van der Waals surface area (Å²) in [6.45, 7) is 3.65. The van der Waals surface area contributed by atoms with Crippen LogP contribution in [-0.4, -0.2) is 16.6 Å². The number of carboxylic acid groups (broad SMARTS) is 1. The number of hydrogen-bond acceptors (Lipinski definition) is 2. The molecule has 0 aliphatic carbocycles. The zero-order valence-electron chi connectivity index (χ0n) is 10.8. The molecule has 18 heavy (non-hydrogen) atoms. The highest BCUT2D eigenvalue weighted by Crippen LogP contribution is 2.20. The fraction of sp³-hybridized carbons (Fsp3) is 0.500. The summed E-state index contributed by atoms with van der Waals surface area (Å²) >= 11 is 5.92. The SMILES string of the molecule is CC(CCC(C)(N)C(=O)O)Cc1cccc(Cl)c1. The van der Waals surface area contributed by atoms with Crippen molar-refractivity contribution in [1.82, 2.24) is 0 Å². The van der Waals surface area contributed by atoms with Crippen molar-refractivity contribution in [3.8, 4) is 0 Å². The van der Waals surface area contributed by atoms with Crippen LogP contribution < -0.4 is 5.73 Å². The molecule has 3 N–H and O–H groups in total. The Morgan fingerprint density at radius 2 is 2.22 bits per heavy atom. The lowest BCUT2D eigenvalue weighted by Gasteiger charge is -2.21. The fourth-order valence-electron chi connectivity index (χ4n) is 1.82. The second kappa shape index (κ2) is 6.21. The van der Waals surface area contributed by atoms with Crippen LogP contribution >= 0.6 is 11.6 Å². The van der Waals surface area contributed by atoms with Crippen molar-refractivity contribution in [3.05, 3.63) is 34.9 Å². The molecule has 100 valence electrons. The summed E-state index contributed by atoms with van der Waals surface area (Å²) in [5.74, 6) is -0.567. The summed E-state index contributed by atoms with van der Waals surface area (Å²) < 4.78 is 0. The summed E-state index contributed by atoms with van der Waals surface area (Å²) in [6, 6.07) is 7.74. The van der Waals surface area contributed by atoms with E-state index in [2.05, 4.69) is 6.92 Å². The minimum absolute atomic E-state index is 0.380. The molecule has 0 bridgehead atoms. The van der Waals surface area contributed by atoms with Crippen molar-refractivity contribution < 1.29 is 9.90 Å². The van der Waals surface area contributed by atoms with Crippen LogP contribution in [0.3, 0.4) is 0 Å². The van der Waals surface area contributed by atoms with Gasteiger partial charge in [0.05, 0.1) is 0 Å². The van der Waals surface area contributed by atoms with Gasteiger partial charge in [-0.15, -0.1) is 0 Å². The zero-order chi connectivity index (χ0) is 13.8. The summed E-state index contributed by atoms with van der Waals surface area (Å²) in [7, 11) is 0. The Morgan fingerprint density at radius 3 is 2.78 bits per heavy atom. The number of hydrogen-bond donors (Lipinski definition) is 2. The Balaban J connectivity index is 2.47. The number of rotatable bonds is 6. The molecule has 0 saturated carbocycles. The molecule has 0 radical (unpaired) electrons. The lowest BCUT2D eigenvalue weighted by atomic mass is 9.89. The van der Waals surface area contributed by atoms with E-state index in [0.29, 0.717) is 12.3 Å². The number of aliphatic carboxylic acids is 1. The normalized spacial score (nSPS) is 16.0.